The van der Waals surface area contributed by atoms with Gasteiger partial charge in [0.1, 0.15) is 5.82 Å². The van der Waals surface area contributed by atoms with E-state index in [-0.39, 0.29) is 29.0 Å². The quantitative estimate of drug-likeness (QED) is 0.748. The van der Waals surface area contributed by atoms with Gasteiger partial charge in [0.05, 0.1) is 6.10 Å². The Morgan fingerprint density at radius 3 is 2.78 bits per heavy atom. The van der Waals surface area contributed by atoms with Gasteiger partial charge in [-0.05, 0) is 51.2 Å². The van der Waals surface area contributed by atoms with Crippen molar-refractivity contribution in [2.24, 2.45) is 0 Å². The van der Waals surface area contributed by atoms with E-state index in [0.29, 0.717) is 13.1 Å². The Hall–Kier alpha value is -1.68. The van der Waals surface area contributed by atoms with Crippen LogP contribution in [0.2, 0.25) is 0 Å². The second-order valence-electron chi connectivity index (χ2n) is 6.94. The molecule has 3 heterocycles. The first-order chi connectivity index (χ1) is 12.8. The van der Waals surface area contributed by atoms with Crippen LogP contribution in [0.1, 0.15) is 44.7 Å². The number of anilines is 2. The molecule has 0 unspecified atom stereocenters. The third-order valence-corrected chi connectivity index (χ3v) is 5.09. The maximum atomic E-state index is 13.3. The summed E-state index contributed by atoms with van der Waals surface area (Å²) in [6.07, 6.45) is 0.372. The van der Waals surface area contributed by atoms with E-state index in [4.69, 9.17) is 17.0 Å². The summed E-state index contributed by atoms with van der Waals surface area (Å²) in [6, 6.07) is 1.14. The summed E-state index contributed by atoms with van der Waals surface area (Å²) in [5.41, 5.74) is -0.977. The number of alkyl halides is 3. The predicted molar refractivity (Wildman–Crippen MR) is 101 cm³/mol. The minimum absolute atomic E-state index is 0.0666. The van der Waals surface area contributed by atoms with Crippen LogP contribution in [0.3, 0.4) is 0 Å². The number of halogens is 3. The van der Waals surface area contributed by atoms with Crippen LogP contribution in [0, 0.1) is 0 Å². The maximum absolute atomic E-state index is 13.3. The van der Waals surface area contributed by atoms with Crippen molar-refractivity contribution in [1.29, 1.82) is 0 Å². The molecule has 10 heteroatoms. The molecule has 0 spiro atoms. The Kier molecular flexibility index (Phi) is 6.36. The molecule has 0 amide bonds. The third kappa shape index (κ3) is 5.41. The molecule has 150 valence electrons. The summed E-state index contributed by atoms with van der Waals surface area (Å²) < 4.78 is 45.4. The van der Waals surface area contributed by atoms with Gasteiger partial charge in [0.25, 0.3) is 0 Å². The lowest BCUT2D eigenvalue weighted by Crippen LogP contribution is -2.39. The molecule has 2 aliphatic rings. The molecule has 2 atom stereocenters. The van der Waals surface area contributed by atoms with Crippen LogP contribution in [0.5, 0.6) is 0 Å². The van der Waals surface area contributed by atoms with E-state index in [2.05, 4.69) is 20.6 Å². The van der Waals surface area contributed by atoms with E-state index >= 15 is 0 Å². The Balaban J connectivity index is 1.74. The number of rotatable bonds is 4. The van der Waals surface area contributed by atoms with Crippen molar-refractivity contribution in [3.05, 3.63) is 11.8 Å². The van der Waals surface area contributed by atoms with Crippen molar-refractivity contribution in [2.75, 3.05) is 29.9 Å². The molecule has 1 aromatic rings. The Bertz CT molecular complexity index is 666. The van der Waals surface area contributed by atoms with Crippen LogP contribution in [-0.4, -0.2) is 46.9 Å². The molecule has 6 nitrogen and oxygen atoms in total. The number of piperidine rings is 1. The molecule has 0 saturated carbocycles. The van der Waals surface area contributed by atoms with Crippen LogP contribution < -0.4 is 15.5 Å². The van der Waals surface area contributed by atoms with Crippen LogP contribution in [0.4, 0.5) is 24.9 Å². The molecule has 27 heavy (non-hydrogen) atoms. The average Bonchev–Trinajstić information content (AvgIpc) is 3.13. The van der Waals surface area contributed by atoms with E-state index in [9.17, 15) is 13.2 Å². The normalized spacial score (nSPS) is 23.3. The summed E-state index contributed by atoms with van der Waals surface area (Å²) in [5.74, 6) is 0.122. The number of thiocarbonyl (C=S) groups is 1. The molecule has 0 radical (unpaired) electrons. The number of ether oxygens (including phenoxy) is 1. The molecule has 0 aromatic carbocycles. The first-order valence-electron chi connectivity index (χ1n) is 9.22. The van der Waals surface area contributed by atoms with E-state index in [1.165, 1.54) is 0 Å². The highest BCUT2D eigenvalue weighted by molar-refractivity contribution is 7.80. The van der Waals surface area contributed by atoms with Crippen molar-refractivity contribution in [2.45, 2.75) is 57.3 Å². The number of nitrogens with one attached hydrogen (secondary N) is 2. The molecule has 2 aliphatic heterocycles. The van der Waals surface area contributed by atoms with E-state index in [1.807, 2.05) is 11.8 Å². The van der Waals surface area contributed by atoms with E-state index < -0.39 is 11.9 Å². The van der Waals surface area contributed by atoms with Crippen LogP contribution >= 0.6 is 12.2 Å². The minimum Gasteiger partial charge on any atom is -0.376 e. The van der Waals surface area contributed by atoms with Crippen LogP contribution in [0.15, 0.2) is 6.07 Å². The first kappa shape index (κ1) is 20.1. The summed E-state index contributed by atoms with van der Waals surface area (Å²) >= 11 is 5.18. The van der Waals surface area contributed by atoms with Gasteiger partial charge in [0.2, 0.25) is 5.95 Å². The van der Waals surface area contributed by atoms with Gasteiger partial charge in [-0.2, -0.15) is 18.2 Å². The van der Waals surface area contributed by atoms with Gasteiger partial charge in [0.15, 0.2) is 10.8 Å². The van der Waals surface area contributed by atoms with Gasteiger partial charge in [-0.1, -0.05) is 0 Å². The smallest absolute Gasteiger partial charge is 0.376 e. The van der Waals surface area contributed by atoms with Crippen molar-refractivity contribution in [3.63, 3.8) is 0 Å². The fourth-order valence-electron chi connectivity index (χ4n) is 3.38. The molecular formula is C17H24F3N5OS. The lowest BCUT2D eigenvalue weighted by molar-refractivity contribution is -0.141. The summed E-state index contributed by atoms with van der Waals surface area (Å²) in [7, 11) is 0. The monoisotopic (exact) mass is 403 g/mol. The zero-order chi connectivity index (χ0) is 19.4. The van der Waals surface area contributed by atoms with Gasteiger partial charge in [0, 0.05) is 31.8 Å². The molecule has 2 saturated heterocycles. The lowest BCUT2D eigenvalue weighted by Gasteiger charge is -2.34. The summed E-state index contributed by atoms with van der Waals surface area (Å²) in [5, 5.41) is 5.83. The third-order valence-electron chi connectivity index (χ3n) is 4.84. The number of nitrogens with zero attached hydrogens (tertiary/aromatic N) is 3. The molecule has 0 aliphatic carbocycles. The lowest BCUT2D eigenvalue weighted by atomic mass is 10.0. The van der Waals surface area contributed by atoms with E-state index in [1.54, 1.807) is 0 Å². The molecule has 1 aromatic heterocycles. The molecule has 2 N–H and O–H groups in total. The highest BCUT2D eigenvalue weighted by Crippen LogP contribution is 2.32. The van der Waals surface area contributed by atoms with Crippen molar-refractivity contribution in [3.8, 4) is 0 Å². The second-order valence-corrected chi connectivity index (χ2v) is 7.35. The fraction of sp³-hybridized carbons (Fsp3) is 0.706. The molecule has 2 fully saturated rings. The largest absolute Gasteiger partial charge is 0.433 e. The average molecular weight is 403 g/mol. The van der Waals surface area contributed by atoms with Gasteiger partial charge in [-0.25, -0.2) is 4.98 Å². The topological polar surface area (TPSA) is 62.3 Å². The number of aromatic nitrogens is 2. The van der Waals surface area contributed by atoms with Crippen molar-refractivity contribution in [1.82, 2.24) is 15.3 Å². The maximum Gasteiger partial charge on any atom is 0.433 e. The first-order valence-corrected chi connectivity index (χ1v) is 9.63. The number of hydrogen-bond acceptors (Lipinski definition) is 5. The van der Waals surface area contributed by atoms with Gasteiger partial charge >= 0.3 is 6.18 Å². The Morgan fingerprint density at radius 2 is 2.11 bits per heavy atom. The summed E-state index contributed by atoms with van der Waals surface area (Å²) in [6.45, 7) is 3.90. The SMILES string of the molecule is C[C@@H]1CCCCN1c1cc(C(F)(F)F)nc(NC(=S)NC[C@H]2CCCO2)n1. The van der Waals surface area contributed by atoms with Crippen molar-refractivity contribution >= 4 is 29.1 Å². The van der Waals surface area contributed by atoms with Crippen LogP contribution in [-0.2, 0) is 10.9 Å². The van der Waals surface area contributed by atoms with Crippen molar-refractivity contribution < 1.29 is 17.9 Å². The Labute approximate surface area is 161 Å². The predicted octanol–water partition coefficient (Wildman–Crippen LogP) is 3.34. The molecule has 3 rings (SSSR count). The molecular weight excluding hydrogens is 379 g/mol. The summed E-state index contributed by atoms with van der Waals surface area (Å²) in [4.78, 5) is 9.79. The van der Waals surface area contributed by atoms with Gasteiger partial charge in [-0.3, -0.25) is 0 Å². The molecule has 0 bridgehead atoms. The fourth-order valence-corrected chi connectivity index (χ4v) is 3.55. The van der Waals surface area contributed by atoms with E-state index in [0.717, 1.165) is 44.8 Å². The zero-order valence-electron chi connectivity index (χ0n) is 15.2. The van der Waals surface area contributed by atoms with Crippen LogP contribution in [0.25, 0.3) is 0 Å². The highest BCUT2D eigenvalue weighted by Gasteiger charge is 2.35. The van der Waals surface area contributed by atoms with Gasteiger partial charge in [-0.15, -0.1) is 0 Å². The zero-order valence-corrected chi connectivity index (χ0v) is 16.0. The Morgan fingerprint density at radius 1 is 1.30 bits per heavy atom. The second kappa shape index (κ2) is 8.55. The minimum atomic E-state index is -4.56. The van der Waals surface area contributed by atoms with Gasteiger partial charge < -0.3 is 20.3 Å². The number of hydrogen-bond donors (Lipinski definition) is 2. The standard InChI is InChI=1S/C17H24F3N5OS/c1-11-5-2-3-7-25(11)14-9-13(17(18,19)20)22-15(23-14)24-16(27)21-10-12-6-4-8-26-12/h9,11-12H,2-8,10H2,1H3,(H2,21,22,23,24,27)/t11-,12-/m1/s1. The highest BCUT2D eigenvalue weighted by atomic mass is 32.1.